The third kappa shape index (κ3) is 7.32. The van der Waals surface area contributed by atoms with Gasteiger partial charge in [-0.05, 0) is 36.2 Å². The SMILES string of the molecule is CC(=O)Nc1ccc(OCC[n+]2ccc(CCS(=O)(=O)O)cc2)cc1. The van der Waals surface area contributed by atoms with E-state index < -0.39 is 10.1 Å². The van der Waals surface area contributed by atoms with Gasteiger partial charge in [-0.1, -0.05) is 0 Å². The van der Waals surface area contributed by atoms with Crippen LogP contribution in [0.1, 0.15) is 12.5 Å². The third-order valence-electron chi connectivity index (χ3n) is 3.40. The van der Waals surface area contributed by atoms with Crippen LogP contribution < -0.4 is 14.6 Å². The van der Waals surface area contributed by atoms with Gasteiger partial charge in [0, 0.05) is 24.7 Å². The first-order chi connectivity index (χ1) is 11.8. The number of nitrogens with zero attached hydrogens (tertiary/aromatic N) is 1. The van der Waals surface area contributed by atoms with E-state index in [2.05, 4.69) is 5.32 Å². The minimum absolute atomic E-state index is 0.120. The number of benzene rings is 1. The van der Waals surface area contributed by atoms with Gasteiger partial charge in [0.25, 0.3) is 10.1 Å². The van der Waals surface area contributed by atoms with E-state index in [1.165, 1.54) is 6.92 Å². The molecule has 1 aromatic heterocycles. The molecule has 0 aliphatic heterocycles. The van der Waals surface area contributed by atoms with Crippen LogP contribution in [0.25, 0.3) is 0 Å². The molecular weight excluding hydrogens is 344 g/mol. The largest absolute Gasteiger partial charge is 0.487 e. The highest BCUT2D eigenvalue weighted by Gasteiger charge is 2.07. The normalized spacial score (nSPS) is 11.1. The van der Waals surface area contributed by atoms with Gasteiger partial charge in [-0.15, -0.1) is 0 Å². The van der Waals surface area contributed by atoms with Crippen molar-refractivity contribution < 1.29 is 27.1 Å². The number of carbonyl (C=O) groups excluding carboxylic acids is 1. The summed E-state index contributed by atoms with van der Waals surface area (Å²) in [6, 6.07) is 10.7. The topological polar surface area (TPSA) is 96.6 Å². The minimum Gasteiger partial charge on any atom is -0.487 e. The number of nitrogens with one attached hydrogen (secondary N) is 1. The van der Waals surface area contributed by atoms with Gasteiger partial charge < -0.3 is 10.1 Å². The molecule has 0 unspecified atom stereocenters. The Kier molecular flexibility index (Phi) is 6.49. The zero-order valence-electron chi connectivity index (χ0n) is 13.9. The van der Waals surface area contributed by atoms with Crippen molar-refractivity contribution in [2.24, 2.45) is 0 Å². The summed E-state index contributed by atoms with van der Waals surface area (Å²) in [4.78, 5) is 11.0. The molecule has 0 atom stereocenters. The second-order valence-electron chi connectivity index (χ2n) is 5.53. The Morgan fingerprint density at radius 1 is 1.16 bits per heavy atom. The molecule has 0 spiro atoms. The Labute approximate surface area is 147 Å². The van der Waals surface area contributed by atoms with Crippen molar-refractivity contribution in [1.82, 2.24) is 0 Å². The first-order valence-electron chi connectivity index (χ1n) is 7.75. The zero-order valence-corrected chi connectivity index (χ0v) is 14.7. The second kappa shape index (κ2) is 8.59. The molecule has 134 valence electrons. The molecule has 1 amide bonds. The van der Waals surface area contributed by atoms with E-state index in [0.29, 0.717) is 18.9 Å². The van der Waals surface area contributed by atoms with Gasteiger partial charge in [0.15, 0.2) is 18.9 Å². The van der Waals surface area contributed by atoms with Crippen LogP contribution in [0.5, 0.6) is 5.75 Å². The number of carbonyl (C=O) groups is 1. The molecule has 2 aromatic rings. The van der Waals surface area contributed by atoms with Crippen LogP contribution in [0, 0.1) is 0 Å². The van der Waals surface area contributed by atoms with Crippen LogP contribution in [-0.2, 0) is 27.9 Å². The van der Waals surface area contributed by atoms with Crippen molar-refractivity contribution in [3.63, 3.8) is 0 Å². The fourth-order valence-corrected chi connectivity index (χ4v) is 2.65. The first-order valence-corrected chi connectivity index (χ1v) is 9.36. The molecule has 0 saturated heterocycles. The molecule has 8 heteroatoms. The van der Waals surface area contributed by atoms with Crippen molar-refractivity contribution in [2.45, 2.75) is 19.9 Å². The van der Waals surface area contributed by atoms with E-state index in [1.807, 2.05) is 29.1 Å². The van der Waals surface area contributed by atoms with Crippen molar-refractivity contribution in [3.8, 4) is 5.75 Å². The lowest BCUT2D eigenvalue weighted by Crippen LogP contribution is -2.35. The highest BCUT2D eigenvalue weighted by atomic mass is 32.2. The number of aromatic nitrogens is 1. The number of rotatable bonds is 8. The van der Waals surface area contributed by atoms with Crippen molar-refractivity contribution in [1.29, 1.82) is 0 Å². The number of amides is 1. The van der Waals surface area contributed by atoms with Crippen LogP contribution in [0.3, 0.4) is 0 Å². The number of ether oxygens (including phenoxy) is 1. The molecule has 0 bridgehead atoms. The number of hydrogen-bond donors (Lipinski definition) is 2. The summed E-state index contributed by atoms with van der Waals surface area (Å²) in [6.07, 6.45) is 3.95. The summed E-state index contributed by atoms with van der Waals surface area (Å²) in [7, 11) is -3.94. The number of hydrogen-bond acceptors (Lipinski definition) is 4. The zero-order chi connectivity index (χ0) is 18.3. The lowest BCUT2D eigenvalue weighted by atomic mass is 10.2. The van der Waals surface area contributed by atoms with E-state index in [1.54, 1.807) is 24.3 Å². The summed E-state index contributed by atoms with van der Waals surface area (Å²) in [5, 5.41) is 2.69. The number of pyridine rings is 1. The van der Waals surface area contributed by atoms with Crippen LogP contribution in [0.15, 0.2) is 48.8 Å². The monoisotopic (exact) mass is 365 g/mol. The third-order valence-corrected chi connectivity index (χ3v) is 4.12. The fraction of sp³-hybridized carbons (Fsp3) is 0.294. The maximum Gasteiger partial charge on any atom is 0.265 e. The van der Waals surface area contributed by atoms with E-state index in [4.69, 9.17) is 9.29 Å². The fourth-order valence-electron chi connectivity index (χ4n) is 2.16. The van der Waals surface area contributed by atoms with E-state index in [9.17, 15) is 13.2 Å². The maximum atomic E-state index is 11.0. The van der Waals surface area contributed by atoms with Crippen molar-refractivity contribution >= 4 is 21.7 Å². The van der Waals surface area contributed by atoms with Gasteiger partial charge >= 0.3 is 0 Å². The molecular formula is C17H21N2O5S+. The Morgan fingerprint density at radius 2 is 1.80 bits per heavy atom. The average molecular weight is 365 g/mol. The van der Waals surface area contributed by atoms with Crippen molar-refractivity contribution in [2.75, 3.05) is 17.7 Å². The van der Waals surface area contributed by atoms with E-state index in [-0.39, 0.29) is 18.1 Å². The molecule has 2 N–H and O–H groups in total. The Morgan fingerprint density at radius 3 is 2.36 bits per heavy atom. The predicted molar refractivity (Wildman–Crippen MR) is 93.0 cm³/mol. The van der Waals surface area contributed by atoms with E-state index >= 15 is 0 Å². The van der Waals surface area contributed by atoms with Gasteiger partial charge in [-0.3, -0.25) is 9.35 Å². The molecule has 0 fully saturated rings. The Balaban J connectivity index is 1.78. The molecule has 0 aliphatic rings. The summed E-state index contributed by atoms with van der Waals surface area (Å²) >= 11 is 0. The molecule has 0 radical (unpaired) electrons. The van der Waals surface area contributed by atoms with Gasteiger partial charge in [0.1, 0.15) is 12.4 Å². The predicted octanol–water partition coefficient (Wildman–Crippen LogP) is 1.44. The van der Waals surface area contributed by atoms with Crippen LogP contribution in [-0.4, -0.2) is 31.2 Å². The summed E-state index contributed by atoms with van der Waals surface area (Å²) in [6.45, 7) is 2.55. The first kappa shape index (κ1) is 18.9. The summed E-state index contributed by atoms with van der Waals surface area (Å²) in [5.74, 6) is 0.304. The molecule has 25 heavy (non-hydrogen) atoms. The average Bonchev–Trinajstić information content (AvgIpc) is 2.54. The highest BCUT2D eigenvalue weighted by Crippen LogP contribution is 2.15. The minimum atomic E-state index is -3.94. The van der Waals surface area contributed by atoms with Crippen LogP contribution >= 0.6 is 0 Å². The van der Waals surface area contributed by atoms with Crippen molar-refractivity contribution in [3.05, 3.63) is 54.4 Å². The lowest BCUT2D eigenvalue weighted by Gasteiger charge is -2.06. The summed E-state index contributed by atoms with van der Waals surface area (Å²) in [5.41, 5.74) is 1.55. The molecule has 2 rings (SSSR count). The van der Waals surface area contributed by atoms with Gasteiger partial charge in [0.05, 0.1) is 5.75 Å². The summed E-state index contributed by atoms with van der Waals surface area (Å²) < 4.78 is 37.8. The molecule has 7 nitrogen and oxygen atoms in total. The molecule has 0 saturated carbocycles. The van der Waals surface area contributed by atoms with Gasteiger partial charge in [0.2, 0.25) is 5.91 Å². The highest BCUT2D eigenvalue weighted by molar-refractivity contribution is 7.85. The van der Waals surface area contributed by atoms with Crippen LogP contribution in [0.2, 0.25) is 0 Å². The van der Waals surface area contributed by atoms with Gasteiger partial charge in [-0.25, -0.2) is 4.57 Å². The van der Waals surface area contributed by atoms with E-state index in [0.717, 1.165) is 11.3 Å². The standard InChI is InChI=1S/C17H20N2O5S/c1-14(20)18-16-2-4-17(5-3-16)24-12-11-19-9-6-15(7-10-19)8-13-25(21,22)23/h2-7,9-10H,8,11-13H2,1H3,(H-,18,20,21,22,23)/p+1. The number of anilines is 1. The Bertz CT molecular complexity index is 802. The molecule has 1 aromatic carbocycles. The lowest BCUT2D eigenvalue weighted by molar-refractivity contribution is -0.697. The second-order valence-corrected chi connectivity index (χ2v) is 7.11. The maximum absolute atomic E-state index is 11.0. The van der Waals surface area contributed by atoms with Crippen LogP contribution in [0.4, 0.5) is 5.69 Å². The molecule has 1 heterocycles. The smallest absolute Gasteiger partial charge is 0.265 e. The van der Waals surface area contributed by atoms with Gasteiger partial charge in [-0.2, -0.15) is 8.42 Å². The quantitative estimate of drug-likeness (QED) is 0.545. The molecule has 0 aliphatic carbocycles. The number of aryl methyl sites for hydroxylation is 1. The Hall–Kier alpha value is -2.45.